The topological polar surface area (TPSA) is 91.3 Å². The smallest absolute Gasteiger partial charge is 0.326 e. The monoisotopic (exact) mass is 389 g/mol. The lowest BCUT2D eigenvalue weighted by atomic mass is 10.1. The van der Waals surface area contributed by atoms with Gasteiger partial charge in [0.15, 0.2) is 5.13 Å². The lowest BCUT2D eigenvalue weighted by Gasteiger charge is -2.17. The number of carboxylic acids is 1. The van der Waals surface area contributed by atoms with Crippen molar-refractivity contribution in [2.75, 3.05) is 10.6 Å². The van der Waals surface area contributed by atoms with E-state index in [0.29, 0.717) is 22.8 Å². The van der Waals surface area contributed by atoms with Crippen molar-refractivity contribution < 1.29 is 14.7 Å². The number of hydrogen-bond acceptors (Lipinski definition) is 5. The summed E-state index contributed by atoms with van der Waals surface area (Å²) in [6.45, 7) is 7.80. The number of aryl methyl sites for hydroxylation is 3. The second-order valence-corrected chi connectivity index (χ2v) is 7.88. The molecule has 1 atom stereocenters. The van der Waals surface area contributed by atoms with E-state index in [1.54, 1.807) is 12.1 Å². The van der Waals surface area contributed by atoms with Crippen LogP contribution in [0.1, 0.15) is 59.1 Å². The molecule has 1 aromatic heterocycles. The summed E-state index contributed by atoms with van der Waals surface area (Å²) in [5.74, 6) is -1.13. The summed E-state index contributed by atoms with van der Waals surface area (Å²) in [4.78, 5) is 29.6. The Morgan fingerprint density at radius 2 is 1.96 bits per heavy atom. The molecule has 0 saturated heterocycles. The average molecular weight is 390 g/mol. The van der Waals surface area contributed by atoms with E-state index >= 15 is 0 Å². The second-order valence-electron chi connectivity index (χ2n) is 6.68. The van der Waals surface area contributed by atoms with Crippen LogP contribution in [-0.4, -0.2) is 28.0 Å². The third-order valence-electron chi connectivity index (χ3n) is 4.47. The highest BCUT2D eigenvalue weighted by molar-refractivity contribution is 7.15. The van der Waals surface area contributed by atoms with Crippen LogP contribution < -0.4 is 10.6 Å². The van der Waals surface area contributed by atoms with Crippen molar-refractivity contribution >= 4 is 34.0 Å². The van der Waals surface area contributed by atoms with E-state index in [4.69, 9.17) is 0 Å². The zero-order valence-electron chi connectivity index (χ0n) is 16.3. The Labute approximate surface area is 164 Å². The molecule has 1 amide bonds. The van der Waals surface area contributed by atoms with Crippen LogP contribution in [-0.2, 0) is 4.79 Å². The summed E-state index contributed by atoms with van der Waals surface area (Å²) in [7, 11) is 0. The van der Waals surface area contributed by atoms with E-state index in [0.717, 1.165) is 35.4 Å². The largest absolute Gasteiger partial charge is 0.480 e. The van der Waals surface area contributed by atoms with Crippen LogP contribution in [0.25, 0.3) is 0 Å². The molecule has 2 rings (SSSR count). The Morgan fingerprint density at radius 3 is 2.56 bits per heavy atom. The molecule has 2 aromatic rings. The molecule has 1 aromatic carbocycles. The van der Waals surface area contributed by atoms with Gasteiger partial charge in [0.25, 0.3) is 5.91 Å². The first-order chi connectivity index (χ1) is 12.8. The van der Waals surface area contributed by atoms with Crippen molar-refractivity contribution in [3.63, 3.8) is 0 Å². The van der Waals surface area contributed by atoms with E-state index in [-0.39, 0.29) is 5.91 Å². The standard InChI is InChI=1S/C20H27N3O3S/c1-5-6-7-8-17(19(25)26)22-15-10-9-12(2)16(11-15)18(24)23-20-21-13(3)14(4)27-20/h9-11,17,22H,5-8H2,1-4H3,(H,25,26)(H,21,23,24). The maximum atomic E-state index is 12.6. The molecule has 1 heterocycles. The Kier molecular flexibility index (Phi) is 7.36. The Morgan fingerprint density at radius 1 is 1.22 bits per heavy atom. The summed E-state index contributed by atoms with van der Waals surface area (Å²) < 4.78 is 0. The first kappa shape index (κ1) is 20.9. The number of thiazole rings is 1. The number of carbonyl (C=O) groups is 2. The molecule has 6 nitrogen and oxygen atoms in total. The van der Waals surface area contributed by atoms with Crippen molar-refractivity contribution in [1.82, 2.24) is 4.98 Å². The van der Waals surface area contributed by atoms with E-state index in [1.807, 2.05) is 26.8 Å². The highest BCUT2D eigenvalue weighted by Crippen LogP contribution is 2.23. The third-order valence-corrected chi connectivity index (χ3v) is 5.45. The Balaban J connectivity index is 2.13. The molecule has 27 heavy (non-hydrogen) atoms. The molecule has 3 N–H and O–H groups in total. The number of nitrogens with zero attached hydrogens (tertiary/aromatic N) is 1. The minimum Gasteiger partial charge on any atom is -0.480 e. The van der Waals surface area contributed by atoms with Gasteiger partial charge in [-0.15, -0.1) is 11.3 Å². The fourth-order valence-electron chi connectivity index (χ4n) is 2.70. The van der Waals surface area contributed by atoms with Gasteiger partial charge in [-0.1, -0.05) is 32.3 Å². The molecule has 0 aliphatic carbocycles. The van der Waals surface area contributed by atoms with Gasteiger partial charge in [0.1, 0.15) is 6.04 Å². The number of aromatic nitrogens is 1. The molecule has 0 aliphatic heterocycles. The van der Waals surface area contributed by atoms with Crippen LogP contribution in [0.3, 0.4) is 0 Å². The number of amides is 1. The van der Waals surface area contributed by atoms with E-state index in [9.17, 15) is 14.7 Å². The maximum absolute atomic E-state index is 12.6. The van der Waals surface area contributed by atoms with Gasteiger partial charge in [-0.3, -0.25) is 10.1 Å². The quantitative estimate of drug-likeness (QED) is 0.538. The number of carboxylic acid groups (broad SMARTS) is 1. The number of benzene rings is 1. The Bertz CT molecular complexity index is 797. The summed E-state index contributed by atoms with van der Waals surface area (Å²) in [5.41, 5.74) is 2.85. The molecule has 0 saturated carbocycles. The van der Waals surface area contributed by atoms with Crippen LogP contribution in [0, 0.1) is 20.8 Å². The number of unbranched alkanes of at least 4 members (excludes halogenated alkanes) is 2. The van der Waals surface area contributed by atoms with Gasteiger partial charge in [-0.2, -0.15) is 0 Å². The summed E-state index contributed by atoms with van der Waals surface area (Å²) in [6.07, 6.45) is 3.44. The molecule has 0 bridgehead atoms. The number of aliphatic carboxylic acids is 1. The van der Waals surface area contributed by atoms with E-state index in [2.05, 4.69) is 22.5 Å². The molecule has 1 unspecified atom stereocenters. The van der Waals surface area contributed by atoms with Crippen LogP contribution in [0.5, 0.6) is 0 Å². The highest BCUT2D eigenvalue weighted by atomic mass is 32.1. The molecule has 146 valence electrons. The summed E-state index contributed by atoms with van der Waals surface area (Å²) in [5, 5.41) is 15.9. The third kappa shape index (κ3) is 5.79. The molecule has 0 spiro atoms. The molecule has 0 fully saturated rings. The van der Waals surface area contributed by atoms with Gasteiger partial charge in [-0.05, 0) is 44.9 Å². The van der Waals surface area contributed by atoms with Gasteiger partial charge >= 0.3 is 5.97 Å². The normalized spacial score (nSPS) is 11.9. The molecular weight excluding hydrogens is 362 g/mol. The first-order valence-electron chi connectivity index (χ1n) is 9.17. The second kappa shape index (κ2) is 9.50. The minimum absolute atomic E-state index is 0.247. The van der Waals surface area contributed by atoms with Gasteiger partial charge in [0.05, 0.1) is 5.69 Å². The zero-order valence-corrected chi connectivity index (χ0v) is 17.1. The molecular formula is C20H27N3O3S. The summed E-state index contributed by atoms with van der Waals surface area (Å²) >= 11 is 1.44. The lowest BCUT2D eigenvalue weighted by Crippen LogP contribution is -2.29. The first-order valence-corrected chi connectivity index (χ1v) is 9.98. The average Bonchev–Trinajstić information content (AvgIpc) is 2.92. The highest BCUT2D eigenvalue weighted by Gasteiger charge is 2.18. The number of anilines is 2. The van der Waals surface area contributed by atoms with E-state index in [1.165, 1.54) is 11.3 Å². The minimum atomic E-state index is -0.883. The van der Waals surface area contributed by atoms with E-state index < -0.39 is 12.0 Å². The number of nitrogens with one attached hydrogen (secondary N) is 2. The summed E-state index contributed by atoms with van der Waals surface area (Å²) in [6, 6.07) is 4.66. The van der Waals surface area contributed by atoms with Crippen LogP contribution in [0.15, 0.2) is 18.2 Å². The van der Waals surface area contributed by atoms with Crippen LogP contribution in [0.2, 0.25) is 0 Å². The Hall–Kier alpha value is -2.41. The van der Waals surface area contributed by atoms with Gasteiger partial charge < -0.3 is 10.4 Å². The van der Waals surface area contributed by atoms with Gasteiger partial charge in [0.2, 0.25) is 0 Å². The van der Waals surface area contributed by atoms with Crippen molar-refractivity contribution in [1.29, 1.82) is 0 Å². The van der Waals surface area contributed by atoms with Crippen molar-refractivity contribution in [3.05, 3.63) is 39.9 Å². The predicted molar refractivity (Wildman–Crippen MR) is 110 cm³/mol. The number of carbonyl (C=O) groups excluding carboxylic acids is 1. The molecule has 0 radical (unpaired) electrons. The van der Waals surface area contributed by atoms with Gasteiger partial charge in [-0.25, -0.2) is 9.78 Å². The fraction of sp³-hybridized carbons (Fsp3) is 0.450. The number of hydrogen-bond donors (Lipinski definition) is 3. The fourth-order valence-corrected chi connectivity index (χ4v) is 3.51. The number of rotatable bonds is 9. The SMILES string of the molecule is CCCCCC(Nc1ccc(C)c(C(=O)Nc2nc(C)c(C)s2)c1)C(=O)O. The maximum Gasteiger partial charge on any atom is 0.326 e. The molecule has 0 aliphatic rings. The lowest BCUT2D eigenvalue weighted by molar-refractivity contribution is -0.138. The van der Waals surface area contributed by atoms with Crippen LogP contribution >= 0.6 is 11.3 Å². The van der Waals surface area contributed by atoms with Gasteiger partial charge in [0, 0.05) is 16.1 Å². The molecule has 7 heteroatoms. The predicted octanol–water partition coefficient (Wildman–Crippen LogP) is 4.77. The zero-order chi connectivity index (χ0) is 20.0. The van der Waals surface area contributed by atoms with Crippen LogP contribution in [0.4, 0.5) is 10.8 Å². The van der Waals surface area contributed by atoms with Crippen molar-refractivity contribution in [2.24, 2.45) is 0 Å². The van der Waals surface area contributed by atoms with Crippen molar-refractivity contribution in [3.8, 4) is 0 Å². The van der Waals surface area contributed by atoms with Crippen molar-refractivity contribution in [2.45, 2.75) is 59.4 Å².